The Hall–Kier alpha value is -3.79. The van der Waals surface area contributed by atoms with E-state index < -0.39 is 0 Å². The summed E-state index contributed by atoms with van der Waals surface area (Å²) < 4.78 is 0. The molecule has 0 spiro atoms. The third kappa shape index (κ3) is 6.04. The Balaban J connectivity index is 0.000000215. The number of pyridine rings is 1. The molecule has 1 fully saturated rings. The van der Waals surface area contributed by atoms with Crippen LogP contribution >= 0.6 is 0 Å². The molecule has 0 saturated heterocycles. The van der Waals surface area contributed by atoms with Gasteiger partial charge in [-0.25, -0.2) is 0 Å². The quantitative estimate of drug-likeness (QED) is 0.134. The molecule has 1 aromatic heterocycles. The number of nitrogens with zero attached hydrogens (tertiary/aromatic N) is 3. The van der Waals surface area contributed by atoms with E-state index >= 15 is 0 Å². The van der Waals surface area contributed by atoms with Crippen molar-refractivity contribution in [2.24, 2.45) is 0 Å². The van der Waals surface area contributed by atoms with Crippen LogP contribution in [0.1, 0.15) is 51.5 Å². The molecule has 4 aromatic carbocycles. The van der Waals surface area contributed by atoms with Gasteiger partial charge in [-0.1, -0.05) is 92.3 Å². The van der Waals surface area contributed by atoms with Crippen molar-refractivity contribution < 1.29 is 24.9 Å². The van der Waals surface area contributed by atoms with Gasteiger partial charge in [-0.15, -0.1) is 29.8 Å². The number of hydrogen-bond acceptors (Lipinski definition) is 3. The first kappa shape index (κ1) is 29.7. The minimum atomic E-state index is 0. The fourth-order valence-corrected chi connectivity index (χ4v) is 6.13. The number of anilines is 3. The van der Waals surface area contributed by atoms with Crippen molar-refractivity contribution in [1.29, 1.82) is 0 Å². The molecular weight excluding hydrogens is 695 g/mol. The zero-order chi connectivity index (χ0) is 28.3. The summed E-state index contributed by atoms with van der Waals surface area (Å²) >= 11 is 0. The number of carbonyl (C=O) groups is 1. The molecule has 0 bridgehead atoms. The van der Waals surface area contributed by atoms with Crippen LogP contribution in [0.15, 0.2) is 96.7 Å². The van der Waals surface area contributed by atoms with Crippen molar-refractivity contribution in [3.63, 3.8) is 0 Å². The molecule has 5 heteroatoms. The molecule has 5 aromatic rings. The van der Waals surface area contributed by atoms with E-state index in [0.717, 1.165) is 33.8 Å². The van der Waals surface area contributed by atoms with Crippen LogP contribution < -0.4 is 4.90 Å². The Morgan fingerprint density at radius 3 is 2.45 bits per heavy atom. The van der Waals surface area contributed by atoms with Crippen LogP contribution in [0.4, 0.5) is 17.1 Å². The Kier molecular flexibility index (Phi) is 9.21. The van der Waals surface area contributed by atoms with Crippen LogP contribution in [0.3, 0.4) is 0 Å². The molecule has 0 amide bonds. The van der Waals surface area contributed by atoms with Gasteiger partial charge >= 0.3 is 0 Å². The molecule has 4 nitrogen and oxygen atoms in total. The van der Waals surface area contributed by atoms with Gasteiger partial charge in [0.05, 0.1) is 5.52 Å². The van der Waals surface area contributed by atoms with Gasteiger partial charge in [-0.05, 0) is 55.8 Å². The van der Waals surface area contributed by atoms with Gasteiger partial charge < -0.3 is 10.2 Å². The molecule has 0 atom stereocenters. The van der Waals surface area contributed by atoms with Crippen LogP contribution in [0.5, 0.6) is 0 Å². The number of aryl methyl sites for hydroxylation is 1. The average molecular weight is 730 g/mol. The van der Waals surface area contributed by atoms with E-state index in [4.69, 9.17) is 4.98 Å². The second-order valence-electron chi connectivity index (χ2n) is 11.1. The summed E-state index contributed by atoms with van der Waals surface area (Å²) in [5.41, 5.74) is 8.65. The number of fused-ring (bicyclic) bond motifs is 3. The van der Waals surface area contributed by atoms with Crippen LogP contribution in [-0.2, 0) is 24.9 Å². The summed E-state index contributed by atoms with van der Waals surface area (Å²) in [6.45, 7) is 5.63. The van der Waals surface area contributed by atoms with Gasteiger partial charge in [0, 0.05) is 48.2 Å². The maximum Gasteiger partial charge on any atom is 0.151 e. The molecule has 215 valence electrons. The molecule has 0 N–H and O–H groups in total. The van der Waals surface area contributed by atoms with E-state index in [1.54, 1.807) is 13.0 Å². The second-order valence-corrected chi connectivity index (χ2v) is 11.1. The first-order chi connectivity index (χ1) is 20.0. The van der Waals surface area contributed by atoms with Crippen molar-refractivity contribution in [2.75, 3.05) is 4.90 Å². The summed E-state index contributed by atoms with van der Waals surface area (Å²) in [5, 5.41) is 8.13. The number of rotatable bonds is 4. The average Bonchev–Trinajstić information content (AvgIpc) is 2.98. The molecule has 42 heavy (non-hydrogen) atoms. The zero-order valence-corrected chi connectivity index (χ0v) is 26.8. The number of ketones is 1. The van der Waals surface area contributed by atoms with Crippen LogP contribution in [0.25, 0.3) is 38.2 Å². The van der Waals surface area contributed by atoms with E-state index in [0.29, 0.717) is 6.04 Å². The summed E-state index contributed by atoms with van der Waals surface area (Å²) in [6, 6.07) is 33.7. The number of hydrogen-bond donors (Lipinski definition) is 0. The molecule has 0 unspecified atom stereocenters. The van der Waals surface area contributed by atoms with Crippen molar-refractivity contribution in [2.45, 2.75) is 58.9 Å². The van der Waals surface area contributed by atoms with Gasteiger partial charge in [0.2, 0.25) is 0 Å². The predicted molar refractivity (Wildman–Crippen MR) is 171 cm³/mol. The molecule has 1 radical (unpaired) electrons. The van der Waals surface area contributed by atoms with Gasteiger partial charge in [-0.2, -0.15) is 5.70 Å². The van der Waals surface area contributed by atoms with Gasteiger partial charge in [0.15, 0.2) is 5.78 Å². The monoisotopic (exact) mass is 730 g/mol. The first-order valence-corrected chi connectivity index (χ1v) is 14.6. The number of benzene rings is 4. The van der Waals surface area contributed by atoms with Crippen LogP contribution in [-0.4, -0.2) is 16.8 Å². The zero-order valence-electron chi connectivity index (χ0n) is 24.4. The first-order valence-electron chi connectivity index (χ1n) is 14.6. The smallest absolute Gasteiger partial charge is 0.151 e. The third-order valence-electron chi connectivity index (χ3n) is 7.98. The summed E-state index contributed by atoms with van der Waals surface area (Å²) in [4.78, 5) is 18.2. The van der Waals surface area contributed by atoms with Crippen molar-refractivity contribution >= 4 is 44.5 Å². The maximum absolute atomic E-state index is 10.8. The van der Waals surface area contributed by atoms with E-state index in [2.05, 4.69) is 102 Å². The van der Waals surface area contributed by atoms with Crippen molar-refractivity contribution in [3.8, 4) is 11.3 Å². The fraction of sp³-hybridized carbons (Fsp3) is 0.243. The van der Waals surface area contributed by atoms with E-state index in [-0.39, 0.29) is 25.9 Å². The summed E-state index contributed by atoms with van der Waals surface area (Å²) in [7, 11) is 0. The van der Waals surface area contributed by atoms with Crippen LogP contribution in [0, 0.1) is 13.0 Å². The minimum Gasteiger partial charge on any atom is -0.685 e. The van der Waals surface area contributed by atoms with E-state index in [1.165, 1.54) is 59.5 Å². The van der Waals surface area contributed by atoms with E-state index in [9.17, 15) is 4.79 Å². The normalized spacial score (nSPS) is 14.5. The SMILES string of the molecule is CC(=O)/C=C(/C)[N-]C1CCCCC1.Cc1cccc2nc3c(cc12)N(c1ccccc1)c1cccc2cc[c-]c-3c12.[Ir]. The number of carbonyl (C=O) groups excluding carboxylic acids is 1. The Labute approximate surface area is 262 Å². The summed E-state index contributed by atoms with van der Waals surface area (Å²) in [5.74, 6) is 0.0945. The predicted octanol–water partition coefficient (Wildman–Crippen LogP) is 10.1. The standard InChI is InChI=1S/C26H17N2.C11H19NO.Ir/c1-17-8-5-14-22-21(17)16-24-26(27-22)20-13-6-9-18-10-7-15-23(25(18)20)28(24)19-11-3-2-4-12-19;1-9(8-10(2)13)12-11-6-4-3-5-7-11;/h2-12,14-16H,1H3;8,11H,3-7H2,1-2H3,(H,12,13);/q-1;;/p-1. The molecule has 1 saturated carbocycles. The largest absolute Gasteiger partial charge is 0.685 e. The Morgan fingerprint density at radius 1 is 0.929 bits per heavy atom. The number of para-hydroxylation sites is 1. The summed E-state index contributed by atoms with van der Waals surface area (Å²) in [6.07, 6.45) is 7.95. The van der Waals surface area contributed by atoms with Crippen LogP contribution in [0.2, 0.25) is 0 Å². The molecular formula is C37H35IrN3O-2. The minimum absolute atomic E-state index is 0. The topological polar surface area (TPSA) is 47.3 Å². The molecule has 1 aliphatic carbocycles. The van der Waals surface area contributed by atoms with Crippen molar-refractivity contribution in [3.05, 3.63) is 114 Å². The second kappa shape index (κ2) is 13.0. The number of aromatic nitrogens is 1. The van der Waals surface area contributed by atoms with Gasteiger partial charge in [0.1, 0.15) is 0 Å². The molecule has 2 aliphatic rings. The van der Waals surface area contributed by atoms with Crippen molar-refractivity contribution in [1.82, 2.24) is 4.98 Å². The molecule has 2 heterocycles. The third-order valence-corrected chi connectivity index (χ3v) is 7.98. The molecule has 7 rings (SSSR count). The number of allylic oxidation sites excluding steroid dienone is 2. The Bertz CT molecular complexity index is 1750. The van der Waals surface area contributed by atoms with E-state index in [1.807, 2.05) is 13.0 Å². The fourth-order valence-electron chi connectivity index (χ4n) is 6.13. The maximum atomic E-state index is 10.8. The van der Waals surface area contributed by atoms with Gasteiger partial charge in [-0.3, -0.25) is 9.78 Å². The molecule has 1 aliphatic heterocycles. The Morgan fingerprint density at radius 2 is 1.69 bits per heavy atom. The van der Waals surface area contributed by atoms with Gasteiger partial charge in [0.25, 0.3) is 0 Å².